The number of hydrogen-bond acceptors (Lipinski definition) is 6. The van der Waals surface area contributed by atoms with Gasteiger partial charge in [-0.15, -0.1) is 0 Å². The number of ether oxygens (including phenoxy) is 1. The van der Waals surface area contributed by atoms with E-state index >= 15 is 0 Å². The molecule has 10 heteroatoms. The molecule has 0 unspecified atom stereocenters. The van der Waals surface area contributed by atoms with E-state index < -0.39 is 17.6 Å². The summed E-state index contributed by atoms with van der Waals surface area (Å²) in [6.07, 6.45) is -3.05. The topological polar surface area (TPSA) is 93.6 Å². The van der Waals surface area contributed by atoms with Gasteiger partial charge in [0.2, 0.25) is 5.76 Å². The number of aromatic nitrogens is 1. The minimum atomic E-state index is -4.44. The smallest absolute Gasteiger partial charge is 0.416 e. The SMILES string of the molecule is C[C@@H](NC(=O)c1cnc(N2CCOCC2)o1)c1ccc(-c2cc(C(F)(F)F)ccc2CN)cc1. The molecule has 0 aliphatic carbocycles. The zero-order valence-electron chi connectivity index (χ0n) is 18.6. The Morgan fingerprint density at radius 2 is 1.88 bits per heavy atom. The molecule has 1 aromatic heterocycles. The highest BCUT2D eigenvalue weighted by atomic mass is 19.4. The van der Waals surface area contributed by atoms with Crippen LogP contribution in [0.3, 0.4) is 0 Å². The van der Waals surface area contributed by atoms with Gasteiger partial charge in [0, 0.05) is 19.6 Å². The number of nitrogens with zero attached hydrogens (tertiary/aromatic N) is 2. The van der Waals surface area contributed by atoms with Crippen LogP contribution in [0.1, 0.15) is 40.2 Å². The molecule has 1 aliphatic rings. The number of nitrogens with two attached hydrogens (primary N) is 1. The van der Waals surface area contributed by atoms with E-state index in [-0.39, 0.29) is 18.3 Å². The number of rotatable bonds is 6. The number of carbonyl (C=O) groups is 1. The summed E-state index contributed by atoms with van der Waals surface area (Å²) < 4.78 is 50.4. The third-order valence-electron chi connectivity index (χ3n) is 5.73. The van der Waals surface area contributed by atoms with Crippen molar-refractivity contribution in [1.82, 2.24) is 10.3 Å². The fourth-order valence-corrected chi connectivity index (χ4v) is 3.77. The van der Waals surface area contributed by atoms with Gasteiger partial charge < -0.3 is 25.1 Å². The number of halogens is 3. The lowest BCUT2D eigenvalue weighted by atomic mass is 9.95. The zero-order valence-corrected chi connectivity index (χ0v) is 18.6. The van der Waals surface area contributed by atoms with Crippen molar-refractivity contribution in [2.75, 3.05) is 31.2 Å². The highest BCUT2D eigenvalue weighted by molar-refractivity contribution is 5.91. The monoisotopic (exact) mass is 474 g/mol. The van der Waals surface area contributed by atoms with Gasteiger partial charge in [0.25, 0.3) is 11.9 Å². The quantitative estimate of drug-likeness (QED) is 0.558. The first-order chi connectivity index (χ1) is 16.3. The van der Waals surface area contributed by atoms with E-state index in [1.54, 1.807) is 24.3 Å². The summed E-state index contributed by atoms with van der Waals surface area (Å²) in [5.74, 6) is -0.312. The second-order valence-corrected chi connectivity index (χ2v) is 8.00. The predicted octanol–water partition coefficient (Wildman–Crippen LogP) is 4.15. The Hall–Kier alpha value is -3.37. The summed E-state index contributed by atoms with van der Waals surface area (Å²) in [5.41, 5.74) is 7.44. The van der Waals surface area contributed by atoms with Gasteiger partial charge >= 0.3 is 6.18 Å². The zero-order chi connectivity index (χ0) is 24.3. The third-order valence-corrected chi connectivity index (χ3v) is 5.73. The second-order valence-electron chi connectivity index (χ2n) is 8.00. The van der Waals surface area contributed by atoms with Crippen molar-refractivity contribution in [1.29, 1.82) is 0 Å². The molecule has 1 saturated heterocycles. The maximum Gasteiger partial charge on any atom is 0.416 e. The molecule has 0 radical (unpaired) electrons. The molecule has 1 atom stereocenters. The molecule has 180 valence electrons. The Balaban J connectivity index is 1.46. The summed E-state index contributed by atoms with van der Waals surface area (Å²) in [5, 5.41) is 2.85. The maximum absolute atomic E-state index is 13.2. The van der Waals surface area contributed by atoms with Gasteiger partial charge in [0.1, 0.15) is 0 Å². The minimum Gasteiger partial charge on any atom is -0.418 e. The Bertz CT molecular complexity index is 1140. The first-order valence-corrected chi connectivity index (χ1v) is 10.9. The molecule has 7 nitrogen and oxygen atoms in total. The highest BCUT2D eigenvalue weighted by Crippen LogP contribution is 2.34. The molecule has 2 aromatic carbocycles. The largest absolute Gasteiger partial charge is 0.418 e. The van der Waals surface area contributed by atoms with E-state index in [0.717, 1.165) is 17.7 Å². The number of carbonyl (C=O) groups excluding carboxylic acids is 1. The molecular weight excluding hydrogens is 449 g/mol. The van der Waals surface area contributed by atoms with E-state index in [0.29, 0.717) is 49.0 Å². The Morgan fingerprint density at radius 3 is 2.53 bits per heavy atom. The van der Waals surface area contributed by atoms with Gasteiger partial charge in [0.15, 0.2) is 0 Å². The van der Waals surface area contributed by atoms with Crippen molar-refractivity contribution in [2.24, 2.45) is 5.73 Å². The molecular formula is C24H25F3N4O3. The van der Waals surface area contributed by atoms with Crippen molar-refractivity contribution in [3.63, 3.8) is 0 Å². The van der Waals surface area contributed by atoms with Crippen LogP contribution in [0.25, 0.3) is 11.1 Å². The normalized spacial score (nSPS) is 15.3. The number of hydrogen-bond donors (Lipinski definition) is 2. The fourth-order valence-electron chi connectivity index (χ4n) is 3.77. The number of nitrogens with one attached hydrogen (secondary N) is 1. The molecule has 0 saturated carbocycles. The number of benzene rings is 2. The summed E-state index contributed by atoms with van der Waals surface area (Å²) >= 11 is 0. The van der Waals surface area contributed by atoms with Gasteiger partial charge in [-0.2, -0.15) is 13.2 Å². The molecule has 2 heterocycles. The third kappa shape index (κ3) is 5.23. The van der Waals surface area contributed by atoms with Crippen LogP contribution >= 0.6 is 0 Å². The van der Waals surface area contributed by atoms with Crippen LogP contribution in [0.15, 0.2) is 53.1 Å². The average molecular weight is 474 g/mol. The van der Waals surface area contributed by atoms with Crippen LogP contribution in [0, 0.1) is 0 Å². The summed E-state index contributed by atoms with van der Waals surface area (Å²) in [6.45, 7) is 4.35. The summed E-state index contributed by atoms with van der Waals surface area (Å²) in [4.78, 5) is 18.7. The van der Waals surface area contributed by atoms with Crippen LogP contribution in [0.2, 0.25) is 0 Å². The lowest BCUT2D eigenvalue weighted by Gasteiger charge is -2.24. The molecule has 0 spiro atoms. The predicted molar refractivity (Wildman–Crippen MR) is 120 cm³/mol. The van der Waals surface area contributed by atoms with Crippen molar-refractivity contribution in [3.8, 4) is 11.1 Å². The first-order valence-electron chi connectivity index (χ1n) is 10.9. The molecule has 1 fully saturated rings. The van der Waals surface area contributed by atoms with Gasteiger partial charge in [-0.3, -0.25) is 4.79 Å². The highest BCUT2D eigenvalue weighted by Gasteiger charge is 2.31. The molecule has 0 bridgehead atoms. The number of oxazole rings is 1. The molecule has 1 amide bonds. The maximum atomic E-state index is 13.2. The number of alkyl halides is 3. The van der Waals surface area contributed by atoms with Crippen LogP contribution in [-0.2, 0) is 17.5 Å². The Kier molecular flexibility index (Phi) is 6.90. The molecule has 4 rings (SSSR count). The number of anilines is 1. The van der Waals surface area contributed by atoms with Gasteiger partial charge in [-0.1, -0.05) is 30.3 Å². The van der Waals surface area contributed by atoms with Crippen molar-refractivity contribution in [2.45, 2.75) is 25.7 Å². The van der Waals surface area contributed by atoms with Crippen LogP contribution < -0.4 is 16.0 Å². The summed E-state index contributed by atoms with van der Waals surface area (Å²) in [6, 6.07) is 10.5. The van der Waals surface area contributed by atoms with Gasteiger partial charge in [-0.05, 0) is 41.3 Å². The fraction of sp³-hybridized carbons (Fsp3) is 0.333. The van der Waals surface area contributed by atoms with E-state index in [2.05, 4.69) is 10.3 Å². The van der Waals surface area contributed by atoms with Crippen molar-refractivity contribution in [3.05, 3.63) is 71.1 Å². The number of morpholine rings is 1. The lowest BCUT2D eigenvalue weighted by Crippen LogP contribution is -2.36. The van der Waals surface area contributed by atoms with E-state index in [9.17, 15) is 18.0 Å². The van der Waals surface area contributed by atoms with Crippen LogP contribution in [-0.4, -0.2) is 37.2 Å². The summed E-state index contributed by atoms with van der Waals surface area (Å²) in [7, 11) is 0. The number of amides is 1. The van der Waals surface area contributed by atoms with Gasteiger partial charge in [-0.25, -0.2) is 4.98 Å². The lowest BCUT2D eigenvalue weighted by molar-refractivity contribution is -0.137. The van der Waals surface area contributed by atoms with Crippen LogP contribution in [0.5, 0.6) is 0 Å². The van der Waals surface area contributed by atoms with Crippen LogP contribution in [0.4, 0.5) is 19.2 Å². The van der Waals surface area contributed by atoms with Gasteiger partial charge in [0.05, 0.1) is 31.0 Å². The minimum absolute atomic E-state index is 0.0986. The van der Waals surface area contributed by atoms with E-state index in [1.165, 1.54) is 12.3 Å². The molecule has 34 heavy (non-hydrogen) atoms. The van der Waals surface area contributed by atoms with Crippen molar-refractivity contribution < 1.29 is 27.1 Å². The van der Waals surface area contributed by atoms with E-state index in [4.69, 9.17) is 14.9 Å². The first kappa shape index (κ1) is 23.8. The standard InChI is InChI=1S/C24H25F3N4O3/c1-15(30-22(32)21-14-29-23(34-21)31-8-10-33-11-9-31)16-2-4-17(5-3-16)20-12-19(24(25,26)27)7-6-18(20)13-28/h2-7,12,14-15H,8-11,13,28H2,1H3,(H,30,32)/t15-/m1/s1. The Labute approximate surface area is 194 Å². The van der Waals surface area contributed by atoms with Crippen molar-refractivity contribution >= 4 is 11.9 Å². The molecule has 3 N–H and O–H groups in total. The second kappa shape index (κ2) is 9.86. The molecule has 3 aromatic rings. The van der Waals surface area contributed by atoms with E-state index in [1.807, 2.05) is 11.8 Å². The Morgan fingerprint density at radius 1 is 1.18 bits per heavy atom. The average Bonchev–Trinajstić information content (AvgIpc) is 3.34. The molecule has 1 aliphatic heterocycles.